The third kappa shape index (κ3) is 5.37. The van der Waals surface area contributed by atoms with Gasteiger partial charge in [-0.25, -0.2) is 9.50 Å². The third-order valence-corrected chi connectivity index (χ3v) is 6.70. The second kappa shape index (κ2) is 10.2. The number of aromatic nitrogens is 3. The Morgan fingerprint density at radius 2 is 1.89 bits per heavy atom. The summed E-state index contributed by atoms with van der Waals surface area (Å²) in [6.45, 7) is 0.554. The Labute approximate surface area is 211 Å². The Hall–Kier alpha value is -4.48. The molecule has 3 amide bonds. The summed E-state index contributed by atoms with van der Waals surface area (Å²) in [6, 6.07) is 8.24. The van der Waals surface area contributed by atoms with Crippen molar-refractivity contribution in [3.8, 4) is 5.75 Å². The van der Waals surface area contributed by atoms with Gasteiger partial charge in [-0.15, -0.1) is 0 Å². The van der Waals surface area contributed by atoms with E-state index >= 15 is 0 Å². The van der Waals surface area contributed by atoms with Crippen molar-refractivity contribution in [1.82, 2.24) is 25.2 Å². The maximum atomic E-state index is 13.0. The zero-order chi connectivity index (χ0) is 25.9. The molecule has 0 spiro atoms. The molecular formula is C25H26N6O6. The Balaban J connectivity index is 1.24. The average Bonchev–Trinajstić information content (AvgIpc) is 3.38. The number of nitrogens with zero attached hydrogens (tertiary/aromatic N) is 3. The molecule has 192 valence electrons. The van der Waals surface area contributed by atoms with Gasteiger partial charge in [0.05, 0.1) is 17.8 Å². The molecule has 1 aliphatic heterocycles. The van der Waals surface area contributed by atoms with Gasteiger partial charge in [0.1, 0.15) is 17.1 Å². The van der Waals surface area contributed by atoms with E-state index in [1.807, 2.05) is 0 Å². The van der Waals surface area contributed by atoms with Crippen molar-refractivity contribution in [2.45, 2.75) is 32.2 Å². The molecule has 12 heteroatoms. The van der Waals surface area contributed by atoms with Crippen LogP contribution in [0.3, 0.4) is 0 Å². The SMILES string of the molecule is O=C1COc2ccc(CNC(=O)c3cc(C(=O)NCC4CCC(C(=O)O)CC4)n4nccc4n3)cc2N1. The zero-order valence-electron chi connectivity index (χ0n) is 19.9. The van der Waals surface area contributed by atoms with E-state index in [9.17, 15) is 19.2 Å². The van der Waals surface area contributed by atoms with E-state index in [1.165, 1.54) is 16.8 Å². The minimum atomic E-state index is -0.765. The summed E-state index contributed by atoms with van der Waals surface area (Å²) in [5.74, 6) is -1.43. The van der Waals surface area contributed by atoms with Gasteiger partial charge in [0.15, 0.2) is 12.3 Å². The maximum Gasteiger partial charge on any atom is 0.306 e. The zero-order valence-corrected chi connectivity index (χ0v) is 19.9. The first-order chi connectivity index (χ1) is 17.9. The van der Waals surface area contributed by atoms with Crippen LogP contribution in [0, 0.1) is 11.8 Å². The van der Waals surface area contributed by atoms with Crippen molar-refractivity contribution in [3.05, 3.63) is 53.5 Å². The molecule has 2 aliphatic rings. The fourth-order valence-corrected chi connectivity index (χ4v) is 4.65. The lowest BCUT2D eigenvalue weighted by Crippen LogP contribution is -2.34. The number of carbonyl (C=O) groups is 4. The van der Waals surface area contributed by atoms with E-state index in [-0.39, 0.29) is 42.3 Å². The summed E-state index contributed by atoms with van der Waals surface area (Å²) >= 11 is 0. The van der Waals surface area contributed by atoms with Gasteiger partial charge in [-0.3, -0.25) is 19.2 Å². The number of rotatable bonds is 7. The Morgan fingerprint density at radius 1 is 1.08 bits per heavy atom. The first-order valence-corrected chi connectivity index (χ1v) is 12.1. The highest BCUT2D eigenvalue weighted by Gasteiger charge is 2.26. The lowest BCUT2D eigenvalue weighted by atomic mass is 9.82. The van der Waals surface area contributed by atoms with Crippen molar-refractivity contribution in [2.24, 2.45) is 11.8 Å². The van der Waals surface area contributed by atoms with Crippen LogP contribution in [0.2, 0.25) is 0 Å². The number of fused-ring (bicyclic) bond motifs is 2. The lowest BCUT2D eigenvalue weighted by molar-refractivity contribution is -0.143. The highest BCUT2D eigenvalue weighted by Crippen LogP contribution is 2.29. The van der Waals surface area contributed by atoms with Crippen LogP contribution in [0.5, 0.6) is 5.75 Å². The molecule has 0 bridgehead atoms. The quantitative estimate of drug-likeness (QED) is 0.375. The number of carboxylic acids is 1. The summed E-state index contributed by atoms with van der Waals surface area (Å²) in [5, 5.41) is 21.7. The molecule has 1 aliphatic carbocycles. The third-order valence-electron chi connectivity index (χ3n) is 6.70. The van der Waals surface area contributed by atoms with E-state index in [0.29, 0.717) is 36.5 Å². The molecule has 1 saturated carbocycles. The summed E-state index contributed by atoms with van der Waals surface area (Å²) in [6.07, 6.45) is 4.16. The van der Waals surface area contributed by atoms with Crippen LogP contribution < -0.4 is 20.7 Å². The Morgan fingerprint density at radius 3 is 2.68 bits per heavy atom. The van der Waals surface area contributed by atoms with Gasteiger partial charge in [0, 0.05) is 25.2 Å². The molecule has 3 aromatic rings. The molecule has 5 rings (SSSR count). The summed E-state index contributed by atoms with van der Waals surface area (Å²) in [4.78, 5) is 53.0. The van der Waals surface area contributed by atoms with Gasteiger partial charge in [0.25, 0.3) is 17.7 Å². The molecule has 0 saturated heterocycles. The number of carbonyl (C=O) groups excluding carboxylic acids is 3. The number of hydrogen-bond donors (Lipinski definition) is 4. The fourth-order valence-electron chi connectivity index (χ4n) is 4.65. The predicted octanol–water partition coefficient (Wildman–Crippen LogP) is 1.61. The number of anilines is 1. The van der Waals surface area contributed by atoms with E-state index in [0.717, 1.165) is 18.4 Å². The average molecular weight is 507 g/mol. The first-order valence-electron chi connectivity index (χ1n) is 12.1. The van der Waals surface area contributed by atoms with Gasteiger partial charge < -0.3 is 25.8 Å². The molecule has 4 N–H and O–H groups in total. The van der Waals surface area contributed by atoms with Gasteiger partial charge >= 0.3 is 5.97 Å². The first kappa shape index (κ1) is 24.2. The van der Waals surface area contributed by atoms with Gasteiger partial charge in [-0.05, 0) is 49.3 Å². The molecule has 0 radical (unpaired) electrons. The molecule has 1 fully saturated rings. The smallest absolute Gasteiger partial charge is 0.306 e. The van der Waals surface area contributed by atoms with E-state index in [1.54, 1.807) is 24.3 Å². The van der Waals surface area contributed by atoms with Crippen LogP contribution in [0.15, 0.2) is 36.5 Å². The number of carboxylic acid groups (broad SMARTS) is 1. The number of ether oxygens (including phenoxy) is 1. The van der Waals surface area contributed by atoms with E-state index in [2.05, 4.69) is 26.0 Å². The predicted molar refractivity (Wildman–Crippen MR) is 130 cm³/mol. The Bertz CT molecular complexity index is 1380. The number of benzene rings is 1. The molecule has 0 unspecified atom stereocenters. The highest BCUT2D eigenvalue weighted by atomic mass is 16.5. The molecule has 1 aromatic carbocycles. The second-order valence-electron chi connectivity index (χ2n) is 9.24. The topological polar surface area (TPSA) is 164 Å². The summed E-state index contributed by atoms with van der Waals surface area (Å²) in [7, 11) is 0. The van der Waals surface area contributed by atoms with Crippen molar-refractivity contribution in [1.29, 1.82) is 0 Å². The molecule has 0 atom stereocenters. The van der Waals surface area contributed by atoms with Gasteiger partial charge in [-0.1, -0.05) is 6.07 Å². The highest BCUT2D eigenvalue weighted by molar-refractivity contribution is 5.98. The van der Waals surface area contributed by atoms with Crippen molar-refractivity contribution < 1.29 is 29.0 Å². The van der Waals surface area contributed by atoms with E-state index < -0.39 is 17.8 Å². The monoisotopic (exact) mass is 506 g/mol. The van der Waals surface area contributed by atoms with Crippen LogP contribution >= 0.6 is 0 Å². The van der Waals surface area contributed by atoms with Crippen LogP contribution in [0.4, 0.5) is 5.69 Å². The number of aliphatic carboxylic acids is 1. The van der Waals surface area contributed by atoms with Crippen molar-refractivity contribution in [2.75, 3.05) is 18.5 Å². The minimum Gasteiger partial charge on any atom is -0.482 e. The standard InChI is InChI=1S/C25H26N6O6/c32-22-13-37-20-6-3-15(9-17(20)30-22)12-26-23(33)18-10-19(31-21(29-18)7-8-28-31)24(34)27-11-14-1-4-16(5-2-14)25(35)36/h3,6-10,14,16H,1-2,4-5,11-13H2,(H,26,33)(H,27,34)(H,30,32)(H,35,36). The van der Waals surface area contributed by atoms with Crippen LogP contribution in [0.25, 0.3) is 5.65 Å². The molecular weight excluding hydrogens is 480 g/mol. The molecule has 37 heavy (non-hydrogen) atoms. The van der Waals surface area contributed by atoms with Crippen molar-refractivity contribution >= 4 is 35.0 Å². The van der Waals surface area contributed by atoms with E-state index in [4.69, 9.17) is 9.84 Å². The summed E-state index contributed by atoms with van der Waals surface area (Å²) < 4.78 is 6.72. The number of hydrogen-bond acceptors (Lipinski definition) is 7. The fraction of sp³-hybridized carbons (Fsp3) is 0.360. The van der Waals surface area contributed by atoms with Crippen LogP contribution in [-0.2, 0) is 16.1 Å². The van der Waals surface area contributed by atoms with Crippen LogP contribution in [0.1, 0.15) is 52.2 Å². The Kier molecular flexibility index (Phi) is 6.71. The van der Waals surface area contributed by atoms with Gasteiger partial charge in [0.2, 0.25) is 0 Å². The molecule has 3 heterocycles. The minimum absolute atomic E-state index is 0.0341. The van der Waals surface area contributed by atoms with Crippen molar-refractivity contribution in [3.63, 3.8) is 0 Å². The largest absolute Gasteiger partial charge is 0.482 e. The maximum absolute atomic E-state index is 13.0. The van der Waals surface area contributed by atoms with Crippen LogP contribution in [-0.4, -0.2) is 56.5 Å². The lowest BCUT2D eigenvalue weighted by Gasteiger charge is -2.26. The molecule has 12 nitrogen and oxygen atoms in total. The molecule has 2 aromatic heterocycles. The summed E-state index contributed by atoms with van der Waals surface area (Å²) in [5.41, 5.74) is 1.88. The number of amides is 3. The van der Waals surface area contributed by atoms with Gasteiger partial charge in [-0.2, -0.15) is 5.10 Å². The second-order valence-corrected chi connectivity index (χ2v) is 9.24. The number of nitrogens with one attached hydrogen (secondary N) is 3. The normalized spacial score (nSPS) is 18.9.